The van der Waals surface area contributed by atoms with Crippen molar-refractivity contribution < 1.29 is 18.0 Å². The maximum Gasteiger partial charge on any atom is 0.433 e. The molecular formula is C19H22F3N5O. The fourth-order valence-electron chi connectivity index (χ4n) is 4.13. The topological polar surface area (TPSA) is 63.1 Å². The lowest BCUT2D eigenvalue weighted by Crippen LogP contribution is -2.47. The lowest BCUT2D eigenvalue weighted by Gasteiger charge is -2.34. The van der Waals surface area contributed by atoms with Gasteiger partial charge in [0.05, 0.1) is 31.0 Å². The Bertz CT molecular complexity index is 873. The Morgan fingerprint density at radius 2 is 2.04 bits per heavy atom. The highest BCUT2D eigenvalue weighted by Crippen LogP contribution is 2.37. The van der Waals surface area contributed by atoms with Crippen LogP contribution in [0.25, 0.3) is 0 Å². The minimum absolute atomic E-state index is 0.0784. The minimum atomic E-state index is -4.55. The fraction of sp³-hybridized carbons (Fsp3) is 0.526. The van der Waals surface area contributed by atoms with E-state index in [-0.39, 0.29) is 11.7 Å². The van der Waals surface area contributed by atoms with Gasteiger partial charge < -0.3 is 10.2 Å². The number of amides is 2. The molecule has 0 spiro atoms. The number of anilines is 1. The third-order valence-electron chi connectivity index (χ3n) is 5.63. The van der Waals surface area contributed by atoms with Crippen LogP contribution in [0.1, 0.15) is 55.5 Å². The number of carbonyl (C=O) groups excluding carboxylic acids is 1. The van der Waals surface area contributed by atoms with Gasteiger partial charge in [-0.05, 0) is 43.4 Å². The summed E-state index contributed by atoms with van der Waals surface area (Å²) in [6.45, 7) is 2.88. The normalized spacial score (nSPS) is 20.3. The lowest BCUT2D eigenvalue weighted by atomic mass is 9.97. The molecule has 1 unspecified atom stereocenters. The van der Waals surface area contributed by atoms with Crippen molar-refractivity contribution in [1.82, 2.24) is 19.7 Å². The quantitative estimate of drug-likeness (QED) is 0.823. The summed E-state index contributed by atoms with van der Waals surface area (Å²) in [4.78, 5) is 17.8. The van der Waals surface area contributed by atoms with Crippen molar-refractivity contribution >= 4 is 11.7 Å². The van der Waals surface area contributed by atoms with E-state index in [1.54, 1.807) is 4.90 Å². The van der Waals surface area contributed by atoms with Crippen molar-refractivity contribution in [2.75, 3.05) is 5.32 Å². The van der Waals surface area contributed by atoms with E-state index in [4.69, 9.17) is 0 Å². The maximum atomic E-state index is 12.8. The van der Waals surface area contributed by atoms with Gasteiger partial charge in [-0.2, -0.15) is 18.3 Å². The van der Waals surface area contributed by atoms with Gasteiger partial charge in [0.2, 0.25) is 0 Å². The van der Waals surface area contributed by atoms with Crippen LogP contribution in [0, 0.1) is 0 Å². The monoisotopic (exact) mass is 393 g/mol. The first-order valence-corrected chi connectivity index (χ1v) is 9.48. The molecule has 2 aliphatic rings. The van der Waals surface area contributed by atoms with Crippen molar-refractivity contribution in [3.05, 3.63) is 41.5 Å². The van der Waals surface area contributed by atoms with Crippen LogP contribution in [-0.4, -0.2) is 31.7 Å². The number of carbonyl (C=O) groups is 1. The number of halogens is 3. The molecule has 2 aromatic rings. The second-order valence-corrected chi connectivity index (χ2v) is 7.54. The highest BCUT2D eigenvalue weighted by molar-refractivity contribution is 5.89. The van der Waals surface area contributed by atoms with E-state index >= 15 is 0 Å². The predicted molar refractivity (Wildman–Crippen MR) is 96.7 cm³/mol. The van der Waals surface area contributed by atoms with Crippen molar-refractivity contribution in [3.63, 3.8) is 0 Å². The van der Waals surface area contributed by atoms with E-state index in [9.17, 15) is 18.0 Å². The summed E-state index contributed by atoms with van der Waals surface area (Å²) in [6, 6.07) is 1.67. The van der Waals surface area contributed by atoms with Gasteiger partial charge >= 0.3 is 12.2 Å². The molecule has 0 bridgehead atoms. The number of urea groups is 1. The molecule has 1 aliphatic carbocycles. The molecule has 4 rings (SSSR count). The van der Waals surface area contributed by atoms with Crippen LogP contribution >= 0.6 is 0 Å². The smallest absolute Gasteiger partial charge is 0.314 e. The standard InChI is InChI=1S/C19H22F3N5O/c1-12-10-27-16(15(9-24-27)13-4-2-3-5-13)11-26(12)18(28)25-14-6-7-23-17(8-14)19(20,21)22/h6-9,12-13H,2-5,10-11H2,1H3,(H,23,25,28). The minimum Gasteiger partial charge on any atom is -0.314 e. The zero-order chi connectivity index (χ0) is 19.9. The summed E-state index contributed by atoms with van der Waals surface area (Å²) >= 11 is 0. The molecule has 6 nitrogen and oxygen atoms in total. The molecule has 0 aromatic carbocycles. The van der Waals surface area contributed by atoms with E-state index in [2.05, 4.69) is 15.4 Å². The van der Waals surface area contributed by atoms with Gasteiger partial charge in [0, 0.05) is 11.9 Å². The molecule has 3 heterocycles. The van der Waals surface area contributed by atoms with E-state index in [1.165, 1.54) is 24.5 Å². The molecule has 0 radical (unpaired) electrons. The number of nitrogens with zero attached hydrogens (tertiary/aromatic N) is 4. The summed E-state index contributed by atoms with van der Waals surface area (Å²) in [7, 11) is 0. The zero-order valence-electron chi connectivity index (χ0n) is 15.5. The molecular weight excluding hydrogens is 371 g/mol. The van der Waals surface area contributed by atoms with E-state index in [1.807, 2.05) is 17.8 Å². The summed E-state index contributed by atoms with van der Waals surface area (Å²) in [5.41, 5.74) is 1.28. The van der Waals surface area contributed by atoms with Crippen molar-refractivity contribution in [3.8, 4) is 0 Å². The first-order valence-electron chi connectivity index (χ1n) is 9.48. The number of pyridine rings is 1. The molecule has 150 valence electrons. The third kappa shape index (κ3) is 3.57. The predicted octanol–water partition coefficient (Wildman–Crippen LogP) is 4.39. The van der Waals surface area contributed by atoms with Crippen LogP contribution in [0.4, 0.5) is 23.7 Å². The van der Waals surface area contributed by atoms with Crippen LogP contribution in [0.3, 0.4) is 0 Å². The SMILES string of the molecule is CC1Cn2ncc(C3CCCC3)c2CN1C(=O)Nc1ccnc(C(F)(F)F)c1. The average molecular weight is 393 g/mol. The van der Waals surface area contributed by atoms with Crippen LogP contribution in [0.15, 0.2) is 24.5 Å². The molecule has 1 saturated carbocycles. The first-order chi connectivity index (χ1) is 13.3. The number of hydrogen-bond donors (Lipinski definition) is 1. The van der Waals surface area contributed by atoms with Crippen molar-refractivity contribution in [1.29, 1.82) is 0 Å². The van der Waals surface area contributed by atoms with E-state index in [0.29, 0.717) is 19.0 Å². The largest absolute Gasteiger partial charge is 0.433 e. The summed E-state index contributed by atoms with van der Waals surface area (Å²) in [6.07, 6.45) is 3.10. The summed E-state index contributed by atoms with van der Waals surface area (Å²) in [5.74, 6) is 0.483. The molecule has 28 heavy (non-hydrogen) atoms. The molecule has 1 atom stereocenters. The van der Waals surface area contributed by atoms with Crippen molar-refractivity contribution in [2.24, 2.45) is 0 Å². The fourth-order valence-corrected chi connectivity index (χ4v) is 4.13. The zero-order valence-corrected chi connectivity index (χ0v) is 15.5. The number of rotatable bonds is 2. The van der Waals surface area contributed by atoms with Gasteiger partial charge in [-0.3, -0.25) is 9.67 Å². The number of aromatic nitrogens is 3. The molecule has 1 aliphatic heterocycles. The second kappa shape index (κ2) is 7.10. The van der Waals surface area contributed by atoms with Gasteiger partial charge in [0.1, 0.15) is 5.69 Å². The van der Waals surface area contributed by atoms with Gasteiger partial charge in [-0.25, -0.2) is 4.79 Å². The lowest BCUT2D eigenvalue weighted by molar-refractivity contribution is -0.141. The van der Waals surface area contributed by atoms with Gasteiger partial charge in [-0.15, -0.1) is 0 Å². The molecule has 2 aromatic heterocycles. The Morgan fingerprint density at radius 1 is 1.29 bits per heavy atom. The Hall–Kier alpha value is -2.58. The number of fused-ring (bicyclic) bond motifs is 1. The van der Waals surface area contributed by atoms with Gasteiger partial charge in [0.15, 0.2) is 0 Å². The summed E-state index contributed by atoms with van der Waals surface area (Å²) < 4.78 is 40.5. The molecule has 2 amide bonds. The van der Waals surface area contributed by atoms with Crippen LogP contribution in [0.5, 0.6) is 0 Å². The Balaban J connectivity index is 1.52. The highest BCUT2D eigenvalue weighted by Gasteiger charge is 2.34. The highest BCUT2D eigenvalue weighted by atomic mass is 19.4. The number of nitrogens with one attached hydrogen (secondary N) is 1. The van der Waals surface area contributed by atoms with Crippen LogP contribution in [0.2, 0.25) is 0 Å². The second-order valence-electron chi connectivity index (χ2n) is 7.54. The molecule has 1 fully saturated rings. The molecule has 1 N–H and O–H groups in total. The van der Waals surface area contributed by atoms with Gasteiger partial charge in [0.25, 0.3) is 0 Å². The number of hydrogen-bond acceptors (Lipinski definition) is 3. The molecule has 0 saturated heterocycles. The van der Waals surface area contributed by atoms with Crippen LogP contribution < -0.4 is 5.32 Å². The van der Waals surface area contributed by atoms with Crippen molar-refractivity contribution in [2.45, 2.75) is 63.8 Å². The van der Waals surface area contributed by atoms with Crippen LogP contribution in [-0.2, 0) is 19.3 Å². The van der Waals surface area contributed by atoms with Gasteiger partial charge in [-0.1, -0.05) is 12.8 Å². The average Bonchev–Trinajstić information content (AvgIpc) is 3.29. The Labute approximate surface area is 160 Å². The molecule has 9 heteroatoms. The third-order valence-corrected chi connectivity index (χ3v) is 5.63. The van der Waals surface area contributed by atoms with E-state index in [0.717, 1.165) is 30.8 Å². The maximum absolute atomic E-state index is 12.8. The van der Waals surface area contributed by atoms with E-state index < -0.39 is 17.9 Å². The first kappa shape index (κ1) is 18.8. The number of alkyl halides is 3. The Morgan fingerprint density at radius 3 is 2.75 bits per heavy atom. The summed E-state index contributed by atoms with van der Waals surface area (Å²) in [5, 5.41) is 7.08. The Kier molecular flexibility index (Phi) is 4.76.